The van der Waals surface area contributed by atoms with E-state index < -0.39 is 0 Å². The van der Waals surface area contributed by atoms with Crippen molar-refractivity contribution in [2.45, 2.75) is 13.5 Å². The quantitative estimate of drug-likeness (QED) is 0.404. The van der Waals surface area contributed by atoms with E-state index in [9.17, 15) is 0 Å². The summed E-state index contributed by atoms with van der Waals surface area (Å²) >= 11 is 6.23. The van der Waals surface area contributed by atoms with E-state index in [1.54, 1.807) is 25.5 Å². The molecule has 0 atom stereocenters. The van der Waals surface area contributed by atoms with Gasteiger partial charge in [-0.2, -0.15) is 0 Å². The molecule has 7 heteroatoms. The fraction of sp³-hybridized carbons (Fsp3) is 0.200. The summed E-state index contributed by atoms with van der Waals surface area (Å²) in [5.41, 5.74) is 2.33. The van der Waals surface area contributed by atoms with Crippen molar-refractivity contribution in [2.24, 2.45) is 5.16 Å². The summed E-state index contributed by atoms with van der Waals surface area (Å²) < 4.78 is 16.1. The lowest BCUT2D eigenvalue weighted by Gasteiger charge is -2.11. The van der Waals surface area contributed by atoms with Gasteiger partial charge in [0, 0.05) is 17.2 Å². The first kappa shape index (κ1) is 18.8. The zero-order valence-electron chi connectivity index (χ0n) is 15.0. The van der Waals surface area contributed by atoms with Crippen LogP contribution in [-0.2, 0) is 11.4 Å². The Bertz CT molecular complexity index is 910. The number of rotatable bonds is 8. The van der Waals surface area contributed by atoms with Crippen LogP contribution in [0.4, 0.5) is 0 Å². The van der Waals surface area contributed by atoms with E-state index in [-0.39, 0.29) is 6.61 Å². The summed E-state index contributed by atoms with van der Waals surface area (Å²) in [6, 6.07) is 15.0. The molecule has 140 valence electrons. The van der Waals surface area contributed by atoms with Crippen molar-refractivity contribution in [2.75, 3.05) is 13.7 Å². The smallest absolute Gasteiger partial charge is 0.179 e. The number of oxime groups is 1. The Labute approximate surface area is 162 Å². The second-order valence-electron chi connectivity index (χ2n) is 5.52. The Morgan fingerprint density at radius 1 is 1.19 bits per heavy atom. The minimum absolute atomic E-state index is 0.189. The Morgan fingerprint density at radius 2 is 2.00 bits per heavy atom. The van der Waals surface area contributed by atoms with Gasteiger partial charge in [-0.25, -0.2) is 0 Å². The Hall–Kier alpha value is -2.99. The molecule has 0 saturated carbocycles. The molecule has 3 aromatic rings. The molecule has 0 bridgehead atoms. The van der Waals surface area contributed by atoms with Gasteiger partial charge in [0.2, 0.25) is 0 Å². The van der Waals surface area contributed by atoms with Crippen LogP contribution in [0.25, 0.3) is 11.3 Å². The molecule has 1 heterocycles. The van der Waals surface area contributed by atoms with Crippen LogP contribution in [0.15, 0.2) is 58.2 Å². The van der Waals surface area contributed by atoms with Crippen LogP contribution in [0, 0.1) is 0 Å². The molecular formula is C20H19ClN2O4. The number of halogens is 1. The van der Waals surface area contributed by atoms with E-state index in [1.165, 1.54) is 0 Å². The van der Waals surface area contributed by atoms with Crippen LogP contribution < -0.4 is 9.47 Å². The van der Waals surface area contributed by atoms with Gasteiger partial charge in [0.05, 0.1) is 25.0 Å². The molecule has 0 aliphatic rings. The molecule has 0 fully saturated rings. The highest BCUT2D eigenvalue weighted by atomic mass is 35.5. The summed E-state index contributed by atoms with van der Waals surface area (Å²) in [7, 11) is 1.56. The molecule has 0 spiro atoms. The molecule has 3 rings (SSSR count). The van der Waals surface area contributed by atoms with Crippen molar-refractivity contribution >= 4 is 17.8 Å². The van der Waals surface area contributed by atoms with Gasteiger partial charge in [0.1, 0.15) is 5.69 Å². The van der Waals surface area contributed by atoms with Gasteiger partial charge >= 0.3 is 0 Å². The lowest BCUT2D eigenvalue weighted by molar-refractivity contribution is 0.126. The van der Waals surface area contributed by atoms with Crippen LogP contribution in [0.5, 0.6) is 11.5 Å². The molecule has 27 heavy (non-hydrogen) atoms. The minimum atomic E-state index is 0.189. The van der Waals surface area contributed by atoms with Gasteiger partial charge in [0.15, 0.2) is 23.9 Å². The molecule has 0 N–H and O–H groups in total. The SMILES string of the molecule is CCOc1c(Cl)cc(/C=N\OCc2cc(-c3ccccc3)on2)cc1OC. The highest BCUT2D eigenvalue weighted by Crippen LogP contribution is 2.36. The average molecular weight is 387 g/mol. The van der Waals surface area contributed by atoms with Gasteiger partial charge in [-0.3, -0.25) is 0 Å². The third-order valence-electron chi connectivity index (χ3n) is 3.65. The summed E-state index contributed by atoms with van der Waals surface area (Å²) in [5, 5.41) is 8.37. The first-order valence-corrected chi connectivity index (χ1v) is 8.75. The number of methoxy groups -OCH3 is 1. The van der Waals surface area contributed by atoms with Crippen LogP contribution >= 0.6 is 11.6 Å². The number of hydrogen-bond donors (Lipinski definition) is 0. The summed E-state index contributed by atoms with van der Waals surface area (Å²) in [6.07, 6.45) is 1.54. The Morgan fingerprint density at radius 3 is 2.74 bits per heavy atom. The third kappa shape index (κ3) is 4.80. The lowest BCUT2D eigenvalue weighted by atomic mass is 10.2. The second kappa shape index (κ2) is 9.09. The maximum atomic E-state index is 6.23. The zero-order valence-corrected chi connectivity index (χ0v) is 15.8. The number of benzene rings is 2. The van der Waals surface area contributed by atoms with Crippen molar-refractivity contribution < 1.29 is 18.8 Å². The minimum Gasteiger partial charge on any atom is -0.493 e. The molecule has 0 aliphatic carbocycles. The average Bonchev–Trinajstić information content (AvgIpc) is 3.17. The van der Waals surface area contributed by atoms with Gasteiger partial charge in [-0.1, -0.05) is 52.2 Å². The fourth-order valence-corrected chi connectivity index (χ4v) is 2.69. The van der Waals surface area contributed by atoms with E-state index in [2.05, 4.69) is 10.3 Å². The highest BCUT2D eigenvalue weighted by molar-refractivity contribution is 6.32. The van der Waals surface area contributed by atoms with Crippen molar-refractivity contribution in [3.05, 3.63) is 64.8 Å². The van der Waals surface area contributed by atoms with Gasteiger partial charge in [-0.15, -0.1) is 0 Å². The Kier molecular flexibility index (Phi) is 6.33. The van der Waals surface area contributed by atoms with Gasteiger partial charge in [0.25, 0.3) is 0 Å². The third-order valence-corrected chi connectivity index (χ3v) is 3.93. The fourth-order valence-electron chi connectivity index (χ4n) is 2.42. The van der Waals surface area contributed by atoms with Crippen LogP contribution in [-0.4, -0.2) is 25.1 Å². The predicted molar refractivity (Wildman–Crippen MR) is 103 cm³/mol. The molecule has 0 amide bonds. The van der Waals surface area contributed by atoms with Gasteiger partial charge < -0.3 is 18.8 Å². The number of ether oxygens (including phenoxy) is 2. The maximum absolute atomic E-state index is 6.23. The van der Waals surface area contributed by atoms with E-state index in [0.717, 1.165) is 11.1 Å². The van der Waals surface area contributed by atoms with E-state index in [4.69, 9.17) is 30.4 Å². The van der Waals surface area contributed by atoms with Crippen molar-refractivity contribution in [1.29, 1.82) is 0 Å². The second-order valence-corrected chi connectivity index (χ2v) is 5.93. The van der Waals surface area contributed by atoms with Crippen LogP contribution in [0.1, 0.15) is 18.2 Å². The predicted octanol–water partition coefficient (Wildman–Crippen LogP) is 4.95. The first-order chi connectivity index (χ1) is 13.2. The van der Waals surface area contributed by atoms with Crippen molar-refractivity contribution in [1.82, 2.24) is 5.16 Å². The summed E-state index contributed by atoms with van der Waals surface area (Å²) in [6.45, 7) is 2.57. The lowest BCUT2D eigenvalue weighted by Crippen LogP contribution is -1.97. The van der Waals surface area contributed by atoms with Crippen molar-refractivity contribution in [3.8, 4) is 22.8 Å². The first-order valence-electron chi connectivity index (χ1n) is 8.38. The van der Waals surface area contributed by atoms with E-state index in [1.807, 2.05) is 43.3 Å². The van der Waals surface area contributed by atoms with Crippen LogP contribution in [0.3, 0.4) is 0 Å². The maximum Gasteiger partial charge on any atom is 0.179 e. The van der Waals surface area contributed by atoms with E-state index >= 15 is 0 Å². The van der Waals surface area contributed by atoms with Crippen molar-refractivity contribution in [3.63, 3.8) is 0 Å². The molecular weight excluding hydrogens is 368 g/mol. The van der Waals surface area contributed by atoms with Gasteiger partial charge in [-0.05, 0) is 19.1 Å². The van der Waals surface area contributed by atoms with Crippen LogP contribution in [0.2, 0.25) is 5.02 Å². The molecule has 2 aromatic carbocycles. The molecule has 0 radical (unpaired) electrons. The number of nitrogens with zero attached hydrogens (tertiary/aromatic N) is 2. The normalized spacial score (nSPS) is 10.9. The molecule has 6 nitrogen and oxygen atoms in total. The molecule has 0 saturated heterocycles. The summed E-state index contributed by atoms with van der Waals surface area (Å²) in [4.78, 5) is 5.30. The number of aromatic nitrogens is 1. The standard InChI is InChI=1S/C20H19ClN2O4/c1-3-25-20-17(21)9-14(10-19(20)24-2)12-22-26-13-16-11-18(27-23-16)15-7-5-4-6-8-15/h4-12H,3,13H2,1-2H3/b22-12-. The summed E-state index contributed by atoms with van der Waals surface area (Å²) in [5.74, 6) is 1.73. The highest BCUT2D eigenvalue weighted by Gasteiger charge is 2.11. The molecule has 0 unspecified atom stereocenters. The largest absolute Gasteiger partial charge is 0.493 e. The molecule has 1 aromatic heterocycles. The Balaban J connectivity index is 1.61. The monoisotopic (exact) mass is 386 g/mol. The van der Waals surface area contributed by atoms with E-state index in [0.29, 0.717) is 34.6 Å². The zero-order chi connectivity index (χ0) is 19.1. The topological polar surface area (TPSA) is 66.1 Å². The number of hydrogen-bond acceptors (Lipinski definition) is 6. The molecule has 0 aliphatic heterocycles.